The number of nitrogens with zero attached hydrogens (tertiary/aromatic N) is 2. The lowest BCUT2D eigenvalue weighted by molar-refractivity contribution is 0.0929. The third-order valence-corrected chi connectivity index (χ3v) is 3.31. The first-order valence-corrected chi connectivity index (χ1v) is 7.16. The zero-order valence-electron chi connectivity index (χ0n) is 12.5. The molecule has 5 nitrogen and oxygen atoms in total. The van der Waals surface area contributed by atoms with E-state index in [1.807, 2.05) is 39.8 Å². The van der Waals surface area contributed by atoms with Crippen LogP contribution in [-0.4, -0.2) is 15.9 Å². The van der Waals surface area contributed by atoms with Crippen molar-refractivity contribution in [3.63, 3.8) is 0 Å². The lowest BCUT2D eigenvalue weighted by Crippen LogP contribution is -2.28. The van der Waals surface area contributed by atoms with Gasteiger partial charge in [0.2, 0.25) is 0 Å². The van der Waals surface area contributed by atoms with Crippen LogP contribution in [0.1, 0.15) is 60.6 Å². The fourth-order valence-corrected chi connectivity index (χ4v) is 2.02. The molecule has 0 spiro atoms. The van der Waals surface area contributed by atoms with Gasteiger partial charge < -0.3 is 9.73 Å². The van der Waals surface area contributed by atoms with Crippen LogP contribution < -0.4 is 5.32 Å². The largest absolute Gasteiger partial charge is 0.464 e. The van der Waals surface area contributed by atoms with Gasteiger partial charge in [-0.25, -0.2) is 9.97 Å². The van der Waals surface area contributed by atoms with Crippen molar-refractivity contribution in [3.8, 4) is 0 Å². The molecule has 1 N–H and O–H groups in total. The summed E-state index contributed by atoms with van der Waals surface area (Å²) in [6.45, 7) is 7.61. The quantitative estimate of drug-likeness (QED) is 0.936. The van der Waals surface area contributed by atoms with Crippen LogP contribution in [0.15, 0.2) is 22.7 Å². The minimum atomic E-state index is -0.342. The van der Waals surface area contributed by atoms with E-state index in [9.17, 15) is 4.79 Å². The van der Waals surface area contributed by atoms with E-state index in [1.165, 1.54) is 6.20 Å². The minimum Gasteiger partial charge on any atom is -0.464 e. The molecule has 1 unspecified atom stereocenters. The Labute approximate surface area is 128 Å². The third kappa shape index (κ3) is 3.61. The van der Waals surface area contributed by atoms with Crippen LogP contribution in [0.25, 0.3) is 0 Å². The molecule has 6 heteroatoms. The fraction of sp³-hybridized carbons (Fsp3) is 0.400. The Hall–Kier alpha value is -1.88. The van der Waals surface area contributed by atoms with E-state index in [0.29, 0.717) is 11.6 Å². The third-order valence-electron chi connectivity index (χ3n) is 3.03. The molecule has 0 aromatic carbocycles. The molecule has 0 bridgehead atoms. The Balaban J connectivity index is 2.18. The number of hydrogen-bond donors (Lipinski definition) is 1. The Morgan fingerprint density at radius 1 is 1.33 bits per heavy atom. The van der Waals surface area contributed by atoms with Crippen molar-refractivity contribution in [2.75, 3.05) is 0 Å². The number of furan rings is 1. The molecule has 112 valence electrons. The number of carbonyl (C=O) groups is 1. The predicted octanol–water partition coefficient (Wildman–Crippen LogP) is 3.65. The summed E-state index contributed by atoms with van der Waals surface area (Å²) in [7, 11) is 0. The Kier molecular flexibility index (Phi) is 4.63. The molecule has 0 aliphatic carbocycles. The molecule has 0 saturated heterocycles. The minimum absolute atomic E-state index is 0.124. The lowest BCUT2D eigenvalue weighted by atomic mass is 10.2. The number of rotatable bonds is 4. The normalized spacial score (nSPS) is 12.5. The predicted molar refractivity (Wildman–Crippen MR) is 80.5 cm³/mol. The van der Waals surface area contributed by atoms with Crippen molar-refractivity contribution < 1.29 is 9.21 Å². The van der Waals surface area contributed by atoms with Gasteiger partial charge in [-0.05, 0) is 26.0 Å². The van der Waals surface area contributed by atoms with E-state index < -0.39 is 0 Å². The first-order chi connectivity index (χ1) is 9.88. The highest BCUT2D eigenvalue weighted by molar-refractivity contribution is 6.33. The second-order valence-corrected chi connectivity index (χ2v) is 5.63. The smallest absolute Gasteiger partial charge is 0.272 e. The number of amides is 1. The van der Waals surface area contributed by atoms with Gasteiger partial charge in [-0.15, -0.1) is 0 Å². The van der Waals surface area contributed by atoms with Gasteiger partial charge in [0.15, 0.2) is 0 Å². The second-order valence-electron chi connectivity index (χ2n) is 5.22. The summed E-state index contributed by atoms with van der Waals surface area (Å²) in [5.74, 6) is 1.86. The van der Waals surface area contributed by atoms with Crippen molar-refractivity contribution in [2.45, 2.75) is 39.7 Å². The van der Waals surface area contributed by atoms with E-state index in [4.69, 9.17) is 16.0 Å². The van der Waals surface area contributed by atoms with E-state index in [2.05, 4.69) is 15.3 Å². The van der Waals surface area contributed by atoms with Gasteiger partial charge in [0.05, 0.1) is 17.3 Å². The highest BCUT2D eigenvalue weighted by Gasteiger charge is 2.19. The van der Waals surface area contributed by atoms with Crippen molar-refractivity contribution in [2.24, 2.45) is 0 Å². The monoisotopic (exact) mass is 307 g/mol. The van der Waals surface area contributed by atoms with Crippen LogP contribution in [0.5, 0.6) is 0 Å². The van der Waals surface area contributed by atoms with Crippen molar-refractivity contribution >= 4 is 17.5 Å². The number of carbonyl (C=O) groups excluding carboxylic acids is 1. The van der Waals surface area contributed by atoms with Crippen LogP contribution in [0.3, 0.4) is 0 Å². The number of halogens is 1. The van der Waals surface area contributed by atoms with Gasteiger partial charge >= 0.3 is 0 Å². The maximum Gasteiger partial charge on any atom is 0.272 e. The summed E-state index contributed by atoms with van der Waals surface area (Å²) in [5, 5.41) is 3.06. The average Bonchev–Trinajstić information content (AvgIpc) is 2.85. The summed E-state index contributed by atoms with van der Waals surface area (Å²) in [6.07, 6.45) is 1.46. The first-order valence-electron chi connectivity index (χ1n) is 6.78. The fourth-order valence-electron chi connectivity index (χ4n) is 1.84. The average molecular weight is 308 g/mol. The summed E-state index contributed by atoms with van der Waals surface area (Å²) >= 11 is 6.02. The standard InChI is InChI=1S/C15H18ClN3O2/c1-8(2)14-17-7-11(16)13(19-14)15(20)18-10(4)12-6-5-9(3)21-12/h5-8,10H,1-4H3,(H,18,20). The first kappa shape index (κ1) is 15.5. The maximum atomic E-state index is 12.3. The molecule has 2 heterocycles. The molecule has 2 aromatic heterocycles. The SMILES string of the molecule is Cc1ccc(C(C)NC(=O)c2nc(C(C)C)ncc2Cl)o1. The molecule has 1 amide bonds. The summed E-state index contributed by atoms with van der Waals surface area (Å²) < 4.78 is 5.49. The zero-order chi connectivity index (χ0) is 15.6. The lowest BCUT2D eigenvalue weighted by Gasteiger charge is -2.13. The van der Waals surface area contributed by atoms with Gasteiger partial charge in [-0.1, -0.05) is 25.4 Å². The molecule has 0 fully saturated rings. The van der Waals surface area contributed by atoms with E-state index in [1.54, 1.807) is 0 Å². The van der Waals surface area contributed by atoms with E-state index in [0.717, 1.165) is 5.76 Å². The van der Waals surface area contributed by atoms with Crippen molar-refractivity contribution in [1.29, 1.82) is 0 Å². The topological polar surface area (TPSA) is 68.0 Å². The van der Waals surface area contributed by atoms with Crippen molar-refractivity contribution in [1.82, 2.24) is 15.3 Å². The number of nitrogens with one attached hydrogen (secondary N) is 1. The molecule has 2 aromatic rings. The van der Waals surface area contributed by atoms with Gasteiger partial charge in [0.1, 0.15) is 23.0 Å². The van der Waals surface area contributed by atoms with Gasteiger partial charge in [-0.2, -0.15) is 0 Å². The van der Waals surface area contributed by atoms with Crippen LogP contribution in [0.4, 0.5) is 0 Å². The van der Waals surface area contributed by atoms with Gasteiger partial charge in [0, 0.05) is 5.92 Å². The van der Waals surface area contributed by atoms with Crippen LogP contribution >= 0.6 is 11.6 Å². The maximum absolute atomic E-state index is 12.3. The summed E-state index contributed by atoms with van der Waals surface area (Å²) in [4.78, 5) is 20.7. The van der Waals surface area contributed by atoms with Crippen LogP contribution in [-0.2, 0) is 0 Å². The molecule has 0 aliphatic heterocycles. The Bertz CT molecular complexity index is 652. The Morgan fingerprint density at radius 2 is 2.05 bits per heavy atom. The highest BCUT2D eigenvalue weighted by atomic mass is 35.5. The van der Waals surface area contributed by atoms with Gasteiger partial charge in [0.25, 0.3) is 5.91 Å². The number of aryl methyl sites for hydroxylation is 1. The van der Waals surface area contributed by atoms with E-state index in [-0.39, 0.29) is 28.6 Å². The van der Waals surface area contributed by atoms with Gasteiger partial charge in [-0.3, -0.25) is 4.79 Å². The molecule has 0 radical (unpaired) electrons. The highest BCUT2D eigenvalue weighted by Crippen LogP contribution is 2.19. The summed E-state index contributed by atoms with van der Waals surface area (Å²) in [5.41, 5.74) is 0.186. The second kappa shape index (κ2) is 6.26. The number of hydrogen-bond acceptors (Lipinski definition) is 4. The molecular weight excluding hydrogens is 290 g/mol. The van der Waals surface area contributed by atoms with Crippen LogP contribution in [0.2, 0.25) is 5.02 Å². The molecule has 21 heavy (non-hydrogen) atoms. The van der Waals surface area contributed by atoms with Crippen LogP contribution in [0, 0.1) is 6.92 Å². The van der Waals surface area contributed by atoms with E-state index >= 15 is 0 Å². The molecule has 0 saturated carbocycles. The van der Waals surface area contributed by atoms with Crippen molar-refractivity contribution in [3.05, 3.63) is 46.4 Å². The molecule has 1 atom stereocenters. The summed E-state index contributed by atoms with van der Waals surface area (Å²) in [6, 6.07) is 3.42. The Morgan fingerprint density at radius 3 is 2.62 bits per heavy atom. The molecular formula is C15H18ClN3O2. The molecule has 0 aliphatic rings. The molecule has 2 rings (SSSR count). The zero-order valence-corrected chi connectivity index (χ0v) is 13.2. The number of aromatic nitrogens is 2.